The second-order valence-corrected chi connectivity index (χ2v) is 9.02. The summed E-state index contributed by atoms with van der Waals surface area (Å²) < 4.78 is 35.8. The maximum Gasteiger partial charge on any atom is 0.264 e. The molecular formula is C20H19FN2O3S2. The number of primary sulfonamides is 1. The van der Waals surface area contributed by atoms with Crippen molar-refractivity contribution in [2.45, 2.75) is 17.9 Å². The monoisotopic (exact) mass is 418 g/mol. The van der Waals surface area contributed by atoms with Gasteiger partial charge >= 0.3 is 0 Å². The van der Waals surface area contributed by atoms with Crippen LogP contribution in [0.5, 0.6) is 0 Å². The lowest BCUT2D eigenvalue weighted by Gasteiger charge is -2.25. The molecule has 1 atom stereocenters. The van der Waals surface area contributed by atoms with E-state index in [9.17, 15) is 17.6 Å². The predicted octanol–water partition coefficient (Wildman–Crippen LogP) is 4.03. The summed E-state index contributed by atoms with van der Waals surface area (Å²) in [5.74, 6) is -0.458. The highest BCUT2D eigenvalue weighted by molar-refractivity contribution is 7.89. The summed E-state index contributed by atoms with van der Waals surface area (Å²) in [6, 6.07) is 15.6. The molecule has 2 aromatic carbocycles. The summed E-state index contributed by atoms with van der Waals surface area (Å²) in [5, 5.41) is 5.11. The Labute approximate surface area is 167 Å². The van der Waals surface area contributed by atoms with E-state index in [1.165, 1.54) is 35.6 Å². The number of hydrogen-bond acceptors (Lipinski definition) is 4. The largest absolute Gasteiger partial charge is 0.334 e. The van der Waals surface area contributed by atoms with Crippen LogP contribution in [0.15, 0.2) is 65.6 Å². The van der Waals surface area contributed by atoms with E-state index in [0.717, 1.165) is 16.0 Å². The number of thiophene rings is 1. The maximum absolute atomic E-state index is 13.1. The van der Waals surface area contributed by atoms with Gasteiger partial charge in [-0.15, -0.1) is 11.3 Å². The van der Waals surface area contributed by atoms with Crippen LogP contribution in [0.3, 0.4) is 0 Å². The fourth-order valence-electron chi connectivity index (χ4n) is 2.73. The molecule has 3 rings (SSSR count). The minimum absolute atomic E-state index is 0.0274. The van der Waals surface area contributed by atoms with Gasteiger partial charge in [-0.3, -0.25) is 4.79 Å². The van der Waals surface area contributed by atoms with Crippen molar-refractivity contribution in [1.29, 1.82) is 0 Å². The fraction of sp³-hybridized carbons (Fsp3) is 0.150. The molecule has 0 fully saturated rings. The average molecular weight is 419 g/mol. The quantitative estimate of drug-likeness (QED) is 0.679. The van der Waals surface area contributed by atoms with Crippen LogP contribution in [0.25, 0.3) is 10.4 Å². The van der Waals surface area contributed by atoms with Gasteiger partial charge in [0, 0.05) is 11.9 Å². The van der Waals surface area contributed by atoms with Crippen LogP contribution in [0.2, 0.25) is 0 Å². The van der Waals surface area contributed by atoms with E-state index in [2.05, 4.69) is 0 Å². The van der Waals surface area contributed by atoms with Crippen molar-refractivity contribution in [3.05, 3.63) is 76.9 Å². The molecule has 0 aliphatic heterocycles. The third-order valence-corrected chi connectivity index (χ3v) is 6.59. The summed E-state index contributed by atoms with van der Waals surface area (Å²) in [6.45, 7) is 1.86. The topological polar surface area (TPSA) is 80.5 Å². The van der Waals surface area contributed by atoms with Gasteiger partial charge < -0.3 is 4.90 Å². The van der Waals surface area contributed by atoms with Gasteiger partial charge in [0.05, 0.1) is 15.8 Å². The first-order valence-corrected chi connectivity index (χ1v) is 10.8. The number of hydrogen-bond donors (Lipinski definition) is 1. The van der Waals surface area contributed by atoms with Crippen molar-refractivity contribution in [1.82, 2.24) is 4.90 Å². The second kappa shape index (κ2) is 7.83. The Kier molecular flexibility index (Phi) is 5.64. The first kappa shape index (κ1) is 20.2. The van der Waals surface area contributed by atoms with Gasteiger partial charge in [-0.05, 0) is 54.4 Å². The van der Waals surface area contributed by atoms with Crippen LogP contribution in [0.1, 0.15) is 28.2 Å². The van der Waals surface area contributed by atoms with E-state index in [0.29, 0.717) is 4.88 Å². The lowest BCUT2D eigenvalue weighted by molar-refractivity contribution is 0.0747. The van der Waals surface area contributed by atoms with E-state index in [4.69, 9.17) is 5.14 Å². The Morgan fingerprint density at radius 2 is 1.64 bits per heavy atom. The lowest BCUT2D eigenvalue weighted by atomic mass is 10.1. The van der Waals surface area contributed by atoms with Crippen LogP contribution in [0.4, 0.5) is 4.39 Å². The third kappa shape index (κ3) is 4.30. The molecule has 5 nitrogen and oxygen atoms in total. The minimum Gasteiger partial charge on any atom is -0.334 e. The summed E-state index contributed by atoms with van der Waals surface area (Å²) in [6.07, 6.45) is 0. The zero-order chi connectivity index (χ0) is 20.5. The molecule has 1 amide bonds. The average Bonchev–Trinajstić information content (AvgIpc) is 3.16. The highest BCUT2D eigenvalue weighted by Crippen LogP contribution is 2.30. The third-order valence-electron chi connectivity index (χ3n) is 4.54. The molecule has 28 heavy (non-hydrogen) atoms. The lowest BCUT2D eigenvalue weighted by Crippen LogP contribution is -2.29. The first-order chi connectivity index (χ1) is 13.2. The molecule has 0 aliphatic rings. The van der Waals surface area contributed by atoms with Crippen LogP contribution in [-0.2, 0) is 10.0 Å². The van der Waals surface area contributed by atoms with Crippen molar-refractivity contribution >= 4 is 27.3 Å². The van der Waals surface area contributed by atoms with Crippen molar-refractivity contribution < 1.29 is 17.6 Å². The molecule has 146 valence electrons. The van der Waals surface area contributed by atoms with Gasteiger partial charge in [0.2, 0.25) is 10.0 Å². The molecule has 0 saturated heterocycles. The summed E-state index contributed by atoms with van der Waals surface area (Å²) in [7, 11) is -2.06. The van der Waals surface area contributed by atoms with E-state index in [1.54, 1.807) is 42.3 Å². The molecule has 1 aromatic heterocycles. The number of halogens is 1. The van der Waals surface area contributed by atoms with Crippen LogP contribution < -0.4 is 5.14 Å². The van der Waals surface area contributed by atoms with Gasteiger partial charge in [0.1, 0.15) is 5.82 Å². The molecule has 8 heteroatoms. The Morgan fingerprint density at radius 1 is 1.04 bits per heavy atom. The highest BCUT2D eigenvalue weighted by atomic mass is 32.2. The first-order valence-electron chi connectivity index (χ1n) is 8.42. The normalized spacial score (nSPS) is 12.6. The molecule has 0 bridgehead atoms. The molecule has 0 unspecified atom stereocenters. The van der Waals surface area contributed by atoms with Gasteiger partial charge in [-0.2, -0.15) is 0 Å². The SMILES string of the molecule is C[C@@H](c1ccc(S(N)(=O)=O)cc1)N(C)C(=O)c1ccc(-c2ccc(F)cc2)s1. The van der Waals surface area contributed by atoms with Gasteiger partial charge in [0.25, 0.3) is 5.91 Å². The predicted molar refractivity (Wildman–Crippen MR) is 108 cm³/mol. The Morgan fingerprint density at radius 3 is 2.21 bits per heavy atom. The molecule has 0 saturated carbocycles. The van der Waals surface area contributed by atoms with Crippen LogP contribution in [0, 0.1) is 5.82 Å². The number of benzene rings is 2. The molecular weight excluding hydrogens is 399 g/mol. The second-order valence-electron chi connectivity index (χ2n) is 6.38. The number of nitrogens with zero attached hydrogens (tertiary/aromatic N) is 1. The van der Waals surface area contributed by atoms with Gasteiger partial charge in [0.15, 0.2) is 0 Å². The number of carbonyl (C=O) groups excluding carboxylic acids is 1. The van der Waals surface area contributed by atoms with E-state index in [1.807, 2.05) is 13.0 Å². The van der Waals surface area contributed by atoms with Gasteiger partial charge in [-0.25, -0.2) is 17.9 Å². The number of amides is 1. The Bertz CT molecular complexity index is 1090. The highest BCUT2D eigenvalue weighted by Gasteiger charge is 2.21. The zero-order valence-electron chi connectivity index (χ0n) is 15.3. The number of nitrogens with two attached hydrogens (primary N) is 1. The van der Waals surface area contributed by atoms with Crippen molar-refractivity contribution in [2.75, 3.05) is 7.05 Å². The van der Waals surface area contributed by atoms with Crippen LogP contribution >= 0.6 is 11.3 Å². The van der Waals surface area contributed by atoms with Crippen molar-refractivity contribution in [2.24, 2.45) is 5.14 Å². The van der Waals surface area contributed by atoms with Crippen molar-refractivity contribution in [3.8, 4) is 10.4 Å². The Balaban J connectivity index is 1.77. The smallest absolute Gasteiger partial charge is 0.264 e. The molecule has 2 N–H and O–H groups in total. The number of carbonyl (C=O) groups is 1. The van der Waals surface area contributed by atoms with Crippen molar-refractivity contribution in [3.63, 3.8) is 0 Å². The van der Waals surface area contributed by atoms with E-state index >= 15 is 0 Å². The van der Waals surface area contributed by atoms with Crippen LogP contribution in [-0.4, -0.2) is 26.3 Å². The molecule has 0 aliphatic carbocycles. The molecule has 0 spiro atoms. The summed E-state index contributed by atoms with van der Waals surface area (Å²) >= 11 is 1.34. The molecule has 1 heterocycles. The maximum atomic E-state index is 13.1. The molecule has 3 aromatic rings. The molecule has 0 radical (unpaired) electrons. The van der Waals surface area contributed by atoms with Gasteiger partial charge in [-0.1, -0.05) is 24.3 Å². The standard InChI is InChI=1S/C20H19FN2O3S2/c1-13(14-5-9-17(10-6-14)28(22,25)26)23(2)20(24)19-12-11-18(27-19)15-3-7-16(21)8-4-15/h3-13H,1-2H3,(H2,22,25,26)/t13-/m0/s1. The summed E-state index contributed by atoms with van der Waals surface area (Å²) in [5.41, 5.74) is 1.64. The fourth-order valence-corrected chi connectivity index (χ4v) is 4.24. The minimum atomic E-state index is -3.75. The Hall–Kier alpha value is -2.55. The summed E-state index contributed by atoms with van der Waals surface area (Å²) in [4.78, 5) is 15.9. The van der Waals surface area contributed by atoms with E-state index in [-0.39, 0.29) is 22.7 Å². The van der Waals surface area contributed by atoms with E-state index < -0.39 is 10.0 Å². The number of sulfonamides is 1. The zero-order valence-corrected chi connectivity index (χ0v) is 16.9. The number of rotatable bonds is 5.